The van der Waals surface area contributed by atoms with E-state index in [1.54, 1.807) is 7.11 Å². The molecule has 58 valence electrons. The molecule has 1 nitrogen and oxygen atoms in total. The monoisotopic (exact) mass is 168 g/mol. The molecule has 1 aromatic rings. The lowest BCUT2D eigenvalue weighted by Crippen LogP contribution is -2.03. The standard InChI is InChI=1S/C8H10BClO/c1-5-3-6(9)4-7(10)8(5)11-2/h3-4H,9H2,1-2H3. The predicted octanol–water partition coefficient (Wildman–Crippen LogP) is 0.915. The molecule has 0 bridgehead atoms. The first-order valence-corrected chi connectivity index (χ1v) is 3.83. The van der Waals surface area contributed by atoms with Crippen LogP contribution in [0.1, 0.15) is 5.56 Å². The van der Waals surface area contributed by atoms with Crippen molar-refractivity contribution in [2.45, 2.75) is 6.92 Å². The lowest BCUT2D eigenvalue weighted by molar-refractivity contribution is 0.412. The molecule has 0 aliphatic carbocycles. The fraction of sp³-hybridized carbons (Fsp3) is 0.250. The Balaban J connectivity index is 3.25. The van der Waals surface area contributed by atoms with Crippen molar-refractivity contribution < 1.29 is 4.74 Å². The van der Waals surface area contributed by atoms with Gasteiger partial charge in [-0.15, -0.1) is 0 Å². The molecule has 0 aromatic heterocycles. The highest BCUT2D eigenvalue weighted by molar-refractivity contribution is 6.37. The van der Waals surface area contributed by atoms with Gasteiger partial charge in [0.1, 0.15) is 13.6 Å². The van der Waals surface area contributed by atoms with Crippen molar-refractivity contribution in [3.8, 4) is 5.75 Å². The van der Waals surface area contributed by atoms with Gasteiger partial charge in [0.2, 0.25) is 0 Å². The quantitative estimate of drug-likeness (QED) is 0.567. The number of hydrogen-bond acceptors (Lipinski definition) is 1. The molecule has 0 saturated heterocycles. The van der Waals surface area contributed by atoms with Crippen molar-refractivity contribution in [1.82, 2.24) is 0 Å². The van der Waals surface area contributed by atoms with Crippen molar-refractivity contribution >= 4 is 24.9 Å². The molecular formula is C8H10BClO. The Bertz CT molecular complexity index is 250. The fourth-order valence-corrected chi connectivity index (χ4v) is 1.56. The van der Waals surface area contributed by atoms with Gasteiger partial charge in [0, 0.05) is 0 Å². The molecule has 0 radical (unpaired) electrons. The van der Waals surface area contributed by atoms with E-state index >= 15 is 0 Å². The second-order valence-electron chi connectivity index (χ2n) is 2.60. The van der Waals surface area contributed by atoms with Crippen LogP contribution in [-0.2, 0) is 0 Å². The van der Waals surface area contributed by atoms with Gasteiger partial charge in [-0.05, 0) is 18.6 Å². The Morgan fingerprint density at radius 3 is 2.55 bits per heavy atom. The number of rotatable bonds is 1. The molecule has 11 heavy (non-hydrogen) atoms. The first-order chi connectivity index (χ1) is 5.15. The van der Waals surface area contributed by atoms with E-state index in [4.69, 9.17) is 16.3 Å². The molecule has 0 N–H and O–H groups in total. The van der Waals surface area contributed by atoms with Crippen molar-refractivity contribution in [2.24, 2.45) is 0 Å². The average molecular weight is 168 g/mol. The fourth-order valence-electron chi connectivity index (χ4n) is 1.16. The molecule has 0 saturated carbocycles. The minimum Gasteiger partial charge on any atom is -0.495 e. The maximum Gasteiger partial charge on any atom is 0.140 e. The van der Waals surface area contributed by atoms with Gasteiger partial charge in [-0.3, -0.25) is 0 Å². The number of ether oxygens (including phenoxy) is 1. The molecule has 0 unspecified atom stereocenters. The molecule has 0 amide bonds. The topological polar surface area (TPSA) is 9.23 Å². The number of methoxy groups -OCH3 is 1. The molecule has 0 atom stereocenters. The summed E-state index contributed by atoms with van der Waals surface area (Å²) in [7, 11) is 3.64. The summed E-state index contributed by atoms with van der Waals surface area (Å²) in [4.78, 5) is 0. The normalized spacial score (nSPS) is 9.73. The van der Waals surface area contributed by atoms with E-state index in [2.05, 4.69) is 0 Å². The van der Waals surface area contributed by atoms with E-state index in [1.807, 2.05) is 26.9 Å². The third-order valence-corrected chi connectivity index (χ3v) is 1.86. The van der Waals surface area contributed by atoms with Crippen LogP contribution in [0.5, 0.6) is 5.75 Å². The van der Waals surface area contributed by atoms with Gasteiger partial charge < -0.3 is 4.74 Å². The van der Waals surface area contributed by atoms with Crippen LogP contribution in [0.25, 0.3) is 0 Å². The molecule has 0 spiro atoms. The molecule has 0 aliphatic rings. The van der Waals surface area contributed by atoms with Crippen LogP contribution in [0, 0.1) is 6.92 Å². The van der Waals surface area contributed by atoms with Crippen LogP contribution in [-0.4, -0.2) is 15.0 Å². The Morgan fingerprint density at radius 1 is 1.45 bits per heavy atom. The van der Waals surface area contributed by atoms with Crippen molar-refractivity contribution in [3.05, 3.63) is 22.7 Å². The lowest BCUT2D eigenvalue weighted by atomic mass is 9.94. The van der Waals surface area contributed by atoms with Crippen LogP contribution in [0.3, 0.4) is 0 Å². The summed E-state index contributed by atoms with van der Waals surface area (Å²) in [6.07, 6.45) is 0. The maximum absolute atomic E-state index is 5.91. The largest absolute Gasteiger partial charge is 0.495 e. The van der Waals surface area contributed by atoms with E-state index < -0.39 is 0 Å². The summed E-state index contributed by atoms with van der Waals surface area (Å²) in [5.74, 6) is 0.775. The average Bonchev–Trinajstić information content (AvgIpc) is 1.85. The Kier molecular flexibility index (Phi) is 2.45. The molecule has 0 heterocycles. The van der Waals surface area contributed by atoms with Crippen LogP contribution in [0.15, 0.2) is 12.1 Å². The minimum atomic E-state index is 0.685. The van der Waals surface area contributed by atoms with Crippen LogP contribution in [0.4, 0.5) is 0 Å². The number of hydrogen-bond donors (Lipinski definition) is 0. The summed E-state index contributed by atoms with van der Waals surface area (Å²) in [6.45, 7) is 1.98. The number of benzene rings is 1. The van der Waals surface area contributed by atoms with E-state index in [-0.39, 0.29) is 0 Å². The molecule has 1 aromatic carbocycles. The zero-order chi connectivity index (χ0) is 8.43. The van der Waals surface area contributed by atoms with Crippen molar-refractivity contribution in [1.29, 1.82) is 0 Å². The van der Waals surface area contributed by atoms with E-state index in [1.165, 1.54) is 0 Å². The van der Waals surface area contributed by atoms with Gasteiger partial charge in [-0.2, -0.15) is 0 Å². The van der Waals surface area contributed by atoms with E-state index in [0.29, 0.717) is 5.02 Å². The van der Waals surface area contributed by atoms with E-state index in [0.717, 1.165) is 16.8 Å². The number of halogens is 1. The second-order valence-corrected chi connectivity index (χ2v) is 3.00. The molecule has 0 aliphatic heterocycles. The summed E-state index contributed by atoms with van der Waals surface area (Å²) >= 11 is 5.91. The summed E-state index contributed by atoms with van der Waals surface area (Å²) in [6, 6.07) is 3.94. The highest BCUT2D eigenvalue weighted by Crippen LogP contribution is 2.25. The zero-order valence-corrected chi connectivity index (χ0v) is 7.70. The SMILES string of the molecule is Bc1cc(C)c(OC)c(Cl)c1. The maximum atomic E-state index is 5.91. The van der Waals surface area contributed by atoms with Gasteiger partial charge in [-0.1, -0.05) is 23.1 Å². The highest BCUT2D eigenvalue weighted by atomic mass is 35.5. The van der Waals surface area contributed by atoms with Gasteiger partial charge in [0.15, 0.2) is 0 Å². The van der Waals surface area contributed by atoms with Gasteiger partial charge in [0.25, 0.3) is 0 Å². The number of aryl methyl sites for hydroxylation is 1. The predicted molar refractivity (Wildman–Crippen MR) is 50.9 cm³/mol. The third-order valence-electron chi connectivity index (χ3n) is 1.58. The second kappa shape index (κ2) is 3.18. The lowest BCUT2D eigenvalue weighted by Gasteiger charge is -2.07. The van der Waals surface area contributed by atoms with Gasteiger partial charge in [0.05, 0.1) is 12.1 Å². The van der Waals surface area contributed by atoms with Crippen LogP contribution < -0.4 is 10.2 Å². The molecule has 1 rings (SSSR count). The van der Waals surface area contributed by atoms with Gasteiger partial charge in [-0.25, -0.2) is 0 Å². The highest BCUT2D eigenvalue weighted by Gasteiger charge is 2.03. The Hall–Kier alpha value is -0.625. The first kappa shape index (κ1) is 8.47. The molecular weight excluding hydrogens is 158 g/mol. The van der Waals surface area contributed by atoms with Crippen molar-refractivity contribution in [2.75, 3.05) is 7.11 Å². The smallest absolute Gasteiger partial charge is 0.140 e. The summed E-state index contributed by atoms with van der Waals surface area (Å²) in [5.41, 5.74) is 2.24. The Morgan fingerprint density at radius 2 is 2.09 bits per heavy atom. The minimum absolute atomic E-state index is 0.685. The van der Waals surface area contributed by atoms with E-state index in [9.17, 15) is 0 Å². The Labute approximate surface area is 72.7 Å². The van der Waals surface area contributed by atoms with Crippen LogP contribution >= 0.6 is 11.6 Å². The zero-order valence-electron chi connectivity index (χ0n) is 6.94. The molecule has 0 fully saturated rings. The van der Waals surface area contributed by atoms with Crippen LogP contribution in [0.2, 0.25) is 5.02 Å². The molecule has 3 heteroatoms. The van der Waals surface area contributed by atoms with Crippen molar-refractivity contribution in [3.63, 3.8) is 0 Å². The summed E-state index contributed by atoms with van der Waals surface area (Å²) < 4.78 is 5.10. The first-order valence-electron chi connectivity index (χ1n) is 3.46. The third kappa shape index (κ3) is 1.69. The van der Waals surface area contributed by atoms with Gasteiger partial charge >= 0.3 is 0 Å². The summed E-state index contributed by atoms with van der Waals surface area (Å²) in [5, 5.41) is 0.685.